The molecule has 1 atom stereocenters. The molecule has 3 nitrogen and oxygen atoms in total. The molecular weight excluding hydrogens is 238 g/mol. The highest BCUT2D eigenvalue weighted by molar-refractivity contribution is 5.79. The molecule has 1 unspecified atom stereocenters. The van der Waals surface area contributed by atoms with Gasteiger partial charge in [0.2, 0.25) is 5.91 Å². The molecule has 1 heterocycles. The summed E-state index contributed by atoms with van der Waals surface area (Å²) in [5.74, 6) is 1.32. The molecule has 1 aliphatic carbocycles. The molecule has 0 radical (unpaired) electrons. The van der Waals surface area contributed by atoms with Gasteiger partial charge >= 0.3 is 0 Å². The second-order valence-electron chi connectivity index (χ2n) is 5.18. The number of likely N-dealkylation sites (tertiary alicyclic amines) is 1. The van der Waals surface area contributed by atoms with Crippen LogP contribution >= 0.6 is 0 Å². The van der Waals surface area contributed by atoms with Crippen LogP contribution in [0, 0.1) is 11.8 Å². The first kappa shape index (κ1) is 18.4. The van der Waals surface area contributed by atoms with E-state index < -0.39 is 0 Å². The minimum Gasteiger partial charge on any atom is -0.391 e. The fourth-order valence-electron chi connectivity index (χ4n) is 2.71. The van der Waals surface area contributed by atoms with Crippen molar-refractivity contribution in [2.24, 2.45) is 11.8 Å². The van der Waals surface area contributed by atoms with Gasteiger partial charge in [-0.15, -0.1) is 0 Å². The SMILES string of the molecule is CC.CC.CC1CCC(C(=O)N2CCC(O)C2)CC1. The first-order valence-corrected chi connectivity index (χ1v) is 8.13. The van der Waals surface area contributed by atoms with Crippen LogP contribution in [-0.4, -0.2) is 35.1 Å². The van der Waals surface area contributed by atoms with E-state index >= 15 is 0 Å². The maximum absolute atomic E-state index is 12.1. The molecule has 1 saturated carbocycles. The minimum atomic E-state index is -0.281. The molecule has 2 aliphatic rings. The third-order valence-corrected chi connectivity index (χ3v) is 3.84. The van der Waals surface area contributed by atoms with Gasteiger partial charge in [-0.05, 0) is 38.0 Å². The number of carbonyl (C=O) groups is 1. The van der Waals surface area contributed by atoms with Crippen molar-refractivity contribution in [2.45, 2.75) is 72.8 Å². The zero-order chi connectivity index (χ0) is 14.8. The van der Waals surface area contributed by atoms with Crippen molar-refractivity contribution < 1.29 is 9.90 Å². The van der Waals surface area contributed by atoms with E-state index in [4.69, 9.17) is 0 Å². The first-order chi connectivity index (χ1) is 9.16. The fourth-order valence-corrected chi connectivity index (χ4v) is 2.71. The molecule has 2 rings (SSSR count). The van der Waals surface area contributed by atoms with E-state index in [-0.39, 0.29) is 12.0 Å². The fraction of sp³-hybridized carbons (Fsp3) is 0.938. The molecule has 0 spiro atoms. The first-order valence-electron chi connectivity index (χ1n) is 8.13. The van der Waals surface area contributed by atoms with Crippen molar-refractivity contribution in [3.63, 3.8) is 0 Å². The number of hydrogen-bond acceptors (Lipinski definition) is 2. The molecule has 114 valence electrons. The second-order valence-corrected chi connectivity index (χ2v) is 5.18. The molecular formula is C16H33NO2. The van der Waals surface area contributed by atoms with Crippen LogP contribution in [-0.2, 0) is 4.79 Å². The Hall–Kier alpha value is -0.570. The monoisotopic (exact) mass is 271 g/mol. The smallest absolute Gasteiger partial charge is 0.225 e. The molecule has 0 aromatic carbocycles. The van der Waals surface area contributed by atoms with Gasteiger partial charge in [0.15, 0.2) is 0 Å². The number of rotatable bonds is 1. The number of carbonyl (C=O) groups excluding carboxylic acids is 1. The topological polar surface area (TPSA) is 40.5 Å². The van der Waals surface area contributed by atoms with Gasteiger partial charge in [0.1, 0.15) is 0 Å². The third kappa shape index (κ3) is 5.94. The van der Waals surface area contributed by atoms with E-state index in [2.05, 4.69) is 6.92 Å². The van der Waals surface area contributed by atoms with Gasteiger partial charge < -0.3 is 10.0 Å². The largest absolute Gasteiger partial charge is 0.391 e. The van der Waals surface area contributed by atoms with Gasteiger partial charge in [-0.2, -0.15) is 0 Å². The van der Waals surface area contributed by atoms with Crippen LogP contribution < -0.4 is 0 Å². The third-order valence-electron chi connectivity index (χ3n) is 3.84. The van der Waals surface area contributed by atoms with Gasteiger partial charge in [-0.25, -0.2) is 0 Å². The average molecular weight is 271 g/mol. The Morgan fingerprint density at radius 3 is 1.95 bits per heavy atom. The lowest BCUT2D eigenvalue weighted by atomic mass is 9.82. The van der Waals surface area contributed by atoms with Gasteiger partial charge in [-0.3, -0.25) is 4.79 Å². The van der Waals surface area contributed by atoms with Gasteiger partial charge in [0.05, 0.1) is 6.10 Å². The van der Waals surface area contributed by atoms with E-state index in [0.29, 0.717) is 12.5 Å². The average Bonchev–Trinajstić information content (AvgIpc) is 2.90. The Balaban J connectivity index is 0.000000741. The quantitative estimate of drug-likeness (QED) is 0.793. The number of hydrogen-bond donors (Lipinski definition) is 1. The van der Waals surface area contributed by atoms with Crippen molar-refractivity contribution in [2.75, 3.05) is 13.1 Å². The highest BCUT2D eigenvalue weighted by Crippen LogP contribution is 2.30. The molecule has 3 heteroatoms. The Kier molecular flexibility index (Phi) is 9.94. The summed E-state index contributed by atoms with van der Waals surface area (Å²) in [5.41, 5.74) is 0. The summed E-state index contributed by atoms with van der Waals surface area (Å²) in [6.07, 6.45) is 4.95. The van der Waals surface area contributed by atoms with E-state index in [9.17, 15) is 9.90 Å². The maximum Gasteiger partial charge on any atom is 0.225 e. The van der Waals surface area contributed by atoms with Gasteiger partial charge in [-0.1, -0.05) is 34.6 Å². The van der Waals surface area contributed by atoms with Crippen molar-refractivity contribution in [3.8, 4) is 0 Å². The number of nitrogens with zero attached hydrogens (tertiary/aromatic N) is 1. The van der Waals surface area contributed by atoms with Crippen LogP contribution in [0.3, 0.4) is 0 Å². The maximum atomic E-state index is 12.1. The molecule has 2 fully saturated rings. The lowest BCUT2D eigenvalue weighted by Gasteiger charge is -2.28. The van der Waals surface area contributed by atoms with E-state index in [1.165, 1.54) is 12.8 Å². The predicted octanol–water partition coefficient (Wildman–Crippen LogP) is 3.46. The Morgan fingerprint density at radius 1 is 1.00 bits per heavy atom. The Morgan fingerprint density at radius 2 is 1.53 bits per heavy atom. The van der Waals surface area contributed by atoms with E-state index in [1.807, 2.05) is 32.6 Å². The second kappa shape index (κ2) is 10.2. The normalized spacial score (nSPS) is 29.8. The van der Waals surface area contributed by atoms with Crippen LogP contribution in [0.25, 0.3) is 0 Å². The van der Waals surface area contributed by atoms with Gasteiger partial charge in [0, 0.05) is 19.0 Å². The summed E-state index contributed by atoms with van der Waals surface area (Å²) < 4.78 is 0. The van der Waals surface area contributed by atoms with Crippen LogP contribution in [0.4, 0.5) is 0 Å². The Labute approximate surface area is 119 Å². The van der Waals surface area contributed by atoms with Crippen molar-refractivity contribution >= 4 is 5.91 Å². The molecule has 0 aromatic heterocycles. The van der Waals surface area contributed by atoms with E-state index in [1.54, 1.807) is 0 Å². The molecule has 1 saturated heterocycles. The van der Waals surface area contributed by atoms with Crippen LogP contribution in [0.2, 0.25) is 0 Å². The standard InChI is InChI=1S/C12H21NO2.2C2H6/c1-9-2-4-10(5-3-9)12(15)13-7-6-11(14)8-13;2*1-2/h9-11,14H,2-8H2,1H3;2*1-2H3. The van der Waals surface area contributed by atoms with E-state index in [0.717, 1.165) is 31.7 Å². The Bertz CT molecular complexity index is 235. The summed E-state index contributed by atoms with van der Waals surface area (Å²) >= 11 is 0. The predicted molar refractivity (Wildman–Crippen MR) is 81.0 cm³/mol. The molecule has 0 bridgehead atoms. The minimum absolute atomic E-state index is 0.242. The lowest BCUT2D eigenvalue weighted by Crippen LogP contribution is -2.36. The van der Waals surface area contributed by atoms with Crippen molar-refractivity contribution in [3.05, 3.63) is 0 Å². The molecule has 1 aliphatic heterocycles. The molecule has 0 aromatic rings. The molecule has 19 heavy (non-hydrogen) atoms. The lowest BCUT2D eigenvalue weighted by molar-refractivity contribution is -0.136. The van der Waals surface area contributed by atoms with Crippen LogP contribution in [0.15, 0.2) is 0 Å². The van der Waals surface area contributed by atoms with Crippen LogP contribution in [0.1, 0.15) is 66.7 Å². The summed E-state index contributed by atoms with van der Waals surface area (Å²) in [4.78, 5) is 13.9. The number of aliphatic hydroxyl groups excluding tert-OH is 1. The summed E-state index contributed by atoms with van der Waals surface area (Å²) in [6, 6.07) is 0. The zero-order valence-electron chi connectivity index (χ0n) is 13.5. The number of aliphatic hydroxyl groups is 1. The number of β-amino-alcohol motifs (C(OH)–C–C–N with tert-alkyl or cyclic N) is 1. The summed E-state index contributed by atoms with van der Waals surface area (Å²) in [7, 11) is 0. The van der Waals surface area contributed by atoms with Crippen molar-refractivity contribution in [1.82, 2.24) is 4.90 Å². The summed E-state index contributed by atoms with van der Waals surface area (Å²) in [5, 5.41) is 9.40. The summed E-state index contributed by atoms with van der Waals surface area (Å²) in [6.45, 7) is 11.6. The van der Waals surface area contributed by atoms with Gasteiger partial charge in [0.25, 0.3) is 0 Å². The highest BCUT2D eigenvalue weighted by atomic mass is 16.3. The zero-order valence-corrected chi connectivity index (χ0v) is 13.5. The van der Waals surface area contributed by atoms with Crippen molar-refractivity contribution in [1.29, 1.82) is 0 Å². The molecule has 1 N–H and O–H groups in total. The molecule has 1 amide bonds. The van der Waals surface area contributed by atoms with Crippen LogP contribution in [0.5, 0.6) is 0 Å². The number of amides is 1. The highest BCUT2D eigenvalue weighted by Gasteiger charge is 2.31.